The Hall–Kier alpha value is -2.85. The molecule has 0 heterocycles. The van der Waals surface area contributed by atoms with Crippen molar-refractivity contribution in [3.63, 3.8) is 0 Å². The zero-order valence-corrected chi connectivity index (χ0v) is 14.3. The summed E-state index contributed by atoms with van der Waals surface area (Å²) in [5.41, 5.74) is 0.556. The molecule has 0 unspecified atom stereocenters. The van der Waals surface area contributed by atoms with Gasteiger partial charge in [-0.05, 0) is 36.4 Å². The summed E-state index contributed by atoms with van der Waals surface area (Å²) in [6.45, 7) is -0.741. The standard InChI is InChI=1S/C16H14F2N2O5S/c1-25-16(22)10-5-7-11(8-6-10)20-14(21)9-19-26(23,24)15-12(17)3-2-4-13(15)18/h2-8,19H,9H2,1H3,(H,20,21). The van der Waals surface area contributed by atoms with Crippen LogP contribution < -0.4 is 10.0 Å². The van der Waals surface area contributed by atoms with E-state index in [1.807, 2.05) is 4.72 Å². The fourth-order valence-electron chi connectivity index (χ4n) is 1.98. The van der Waals surface area contributed by atoms with Gasteiger partial charge in [-0.15, -0.1) is 0 Å². The fourth-order valence-corrected chi connectivity index (χ4v) is 3.10. The molecule has 7 nitrogen and oxygen atoms in total. The summed E-state index contributed by atoms with van der Waals surface area (Å²) in [6, 6.07) is 8.24. The second kappa shape index (κ2) is 8.02. The number of amides is 1. The van der Waals surface area contributed by atoms with Gasteiger partial charge in [-0.25, -0.2) is 26.7 Å². The molecule has 0 aromatic heterocycles. The quantitative estimate of drug-likeness (QED) is 0.738. The first-order valence-electron chi connectivity index (χ1n) is 7.16. The van der Waals surface area contributed by atoms with Gasteiger partial charge in [0.1, 0.15) is 11.6 Å². The van der Waals surface area contributed by atoms with Gasteiger partial charge in [0, 0.05) is 5.69 Å². The number of ether oxygens (including phenoxy) is 1. The van der Waals surface area contributed by atoms with Gasteiger partial charge in [-0.2, -0.15) is 0 Å². The fraction of sp³-hybridized carbons (Fsp3) is 0.125. The SMILES string of the molecule is COC(=O)c1ccc(NC(=O)CNS(=O)(=O)c2c(F)cccc2F)cc1. The van der Waals surface area contributed by atoms with Crippen molar-refractivity contribution in [3.8, 4) is 0 Å². The first-order valence-corrected chi connectivity index (χ1v) is 8.65. The third-order valence-electron chi connectivity index (χ3n) is 3.20. The van der Waals surface area contributed by atoms with Crippen LogP contribution in [0.4, 0.5) is 14.5 Å². The highest BCUT2D eigenvalue weighted by atomic mass is 32.2. The van der Waals surface area contributed by atoms with E-state index < -0.39 is 45.0 Å². The highest BCUT2D eigenvalue weighted by Crippen LogP contribution is 2.17. The molecule has 0 aliphatic carbocycles. The van der Waals surface area contributed by atoms with Crippen molar-refractivity contribution in [1.29, 1.82) is 0 Å². The maximum Gasteiger partial charge on any atom is 0.337 e. The van der Waals surface area contributed by atoms with E-state index in [1.54, 1.807) is 0 Å². The molecule has 0 aliphatic heterocycles. The van der Waals surface area contributed by atoms with E-state index >= 15 is 0 Å². The third-order valence-corrected chi connectivity index (χ3v) is 4.65. The van der Waals surface area contributed by atoms with Crippen LogP contribution in [0.2, 0.25) is 0 Å². The summed E-state index contributed by atoms with van der Waals surface area (Å²) in [6.07, 6.45) is 0. The molecule has 2 N–H and O–H groups in total. The Morgan fingerprint density at radius 3 is 2.15 bits per heavy atom. The van der Waals surface area contributed by atoms with Gasteiger partial charge in [0.05, 0.1) is 19.2 Å². The van der Waals surface area contributed by atoms with Gasteiger partial charge >= 0.3 is 5.97 Å². The normalized spacial score (nSPS) is 11.0. The summed E-state index contributed by atoms with van der Waals surface area (Å²) in [5.74, 6) is -3.86. The molecule has 0 atom stereocenters. The van der Waals surface area contributed by atoms with E-state index in [-0.39, 0.29) is 5.56 Å². The van der Waals surface area contributed by atoms with Crippen molar-refractivity contribution in [3.05, 3.63) is 59.7 Å². The topological polar surface area (TPSA) is 102 Å². The smallest absolute Gasteiger partial charge is 0.337 e. The van der Waals surface area contributed by atoms with Gasteiger partial charge in [-0.3, -0.25) is 4.79 Å². The van der Waals surface area contributed by atoms with Crippen molar-refractivity contribution in [2.75, 3.05) is 19.0 Å². The largest absolute Gasteiger partial charge is 0.465 e. The van der Waals surface area contributed by atoms with Gasteiger partial charge in [0.15, 0.2) is 4.90 Å². The molecule has 0 fully saturated rings. The Balaban J connectivity index is 2.01. The van der Waals surface area contributed by atoms with Crippen LogP contribution in [0.3, 0.4) is 0 Å². The minimum absolute atomic E-state index is 0.265. The number of carbonyl (C=O) groups is 2. The number of nitrogens with one attached hydrogen (secondary N) is 2. The predicted octanol–water partition coefficient (Wildman–Crippen LogP) is 1.67. The molecule has 0 saturated heterocycles. The molecule has 10 heteroatoms. The average molecular weight is 384 g/mol. The minimum Gasteiger partial charge on any atom is -0.465 e. The zero-order valence-electron chi connectivity index (χ0n) is 13.5. The number of hydrogen-bond acceptors (Lipinski definition) is 5. The Morgan fingerprint density at radius 1 is 1.04 bits per heavy atom. The third kappa shape index (κ3) is 4.61. The van der Waals surface area contributed by atoms with Crippen LogP contribution >= 0.6 is 0 Å². The number of esters is 1. The first-order chi connectivity index (χ1) is 12.2. The maximum absolute atomic E-state index is 13.6. The van der Waals surface area contributed by atoms with E-state index in [0.717, 1.165) is 18.2 Å². The summed E-state index contributed by atoms with van der Waals surface area (Å²) in [4.78, 5) is 22.0. The Kier molecular flexibility index (Phi) is 6.01. The van der Waals surface area contributed by atoms with Gasteiger partial charge in [0.25, 0.3) is 0 Å². The molecule has 0 saturated carbocycles. The molecule has 0 aliphatic rings. The lowest BCUT2D eigenvalue weighted by Gasteiger charge is -2.09. The molecule has 1 amide bonds. The summed E-state index contributed by atoms with van der Waals surface area (Å²) >= 11 is 0. The lowest BCUT2D eigenvalue weighted by Crippen LogP contribution is -2.33. The van der Waals surface area contributed by atoms with Crippen molar-refractivity contribution in [2.45, 2.75) is 4.90 Å². The second-order valence-electron chi connectivity index (χ2n) is 4.99. The van der Waals surface area contributed by atoms with Crippen LogP contribution in [-0.2, 0) is 19.6 Å². The summed E-state index contributed by atoms with van der Waals surface area (Å²) in [7, 11) is -3.33. The van der Waals surface area contributed by atoms with E-state index in [4.69, 9.17) is 0 Å². The molecule has 26 heavy (non-hydrogen) atoms. The number of anilines is 1. The van der Waals surface area contributed by atoms with Crippen LogP contribution in [0.15, 0.2) is 47.4 Å². The van der Waals surface area contributed by atoms with Crippen molar-refractivity contribution >= 4 is 27.6 Å². The van der Waals surface area contributed by atoms with Crippen LogP contribution in [0.25, 0.3) is 0 Å². The van der Waals surface area contributed by atoms with E-state index in [2.05, 4.69) is 10.1 Å². The maximum atomic E-state index is 13.6. The number of sulfonamides is 1. The molecule has 138 valence electrons. The molecule has 2 rings (SSSR count). The number of rotatable bonds is 6. The number of halogens is 2. The molecule has 2 aromatic carbocycles. The minimum atomic E-state index is -4.55. The Labute approximate surface area is 148 Å². The highest BCUT2D eigenvalue weighted by molar-refractivity contribution is 7.89. The molecular weight excluding hydrogens is 370 g/mol. The van der Waals surface area contributed by atoms with Gasteiger partial charge in [-0.1, -0.05) is 6.07 Å². The monoisotopic (exact) mass is 384 g/mol. The first kappa shape index (κ1) is 19.5. The Morgan fingerprint density at radius 2 is 1.62 bits per heavy atom. The van der Waals surface area contributed by atoms with E-state index in [9.17, 15) is 26.8 Å². The molecule has 0 bridgehead atoms. The second-order valence-corrected chi connectivity index (χ2v) is 6.70. The average Bonchev–Trinajstić information content (AvgIpc) is 2.60. The summed E-state index contributed by atoms with van der Waals surface area (Å²) in [5, 5.41) is 2.37. The van der Waals surface area contributed by atoms with Crippen molar-refractivity contribution in [1.82, 2.24) is 4.72 Å². The number of hydrogen-bond donors (Lipinski definition) is 2. The predicted molar refractivity (Wildman–Crippen MR) is 88.0 cm³/mol. The van der Waals surface area contributed by atoms with Crippen LogP contribution in [0, 0.1) is 11.6 Å². The van der Waals surface area contributed by atoms with Crippen molar-refractivity contribution < 1.29 is 31.5 Å². The lowest BCUT2D eigenvalue weighted by atomic mass is 10.2. The Bertz CT molecular complexity index is 910. The van der Waals surface area contributed by atoms with E-state index in [0.29, 0.717) is 5.69 Å². The molecule has 0 radical (unpaired) electrons. The number of carbonyl (C=O) groups excluding carboxylic acids is 2. The number of benzene rings is 2. The highest BCUT2D eigenvalue weighted by Gasteiger charge is 2.24. The summed E-state index contributed by atoms with van der Waals surface area (Å²) < 4.78 is 57.4. The van der Waals surface area contributed by atoms with E-state index in [1.165, 1.54) is 31.4 Å². The van der Waals surface area contributed by atoms with Crippen LogP contribution in [0.1, 0.15) is 10.4 Å². The molecule has 2 aromatic rings. The van der Waals surface area contributed by atoms with Crippen LogP contribution in [0.5, 0.6) is 0 Å². The lowest BCUT2D eigenvalue weighted by molar-refractivity contribution is -0.115. The van der Waals surface area contributed by atoms with Gasteiger partial charge in [0.2, 0.25) is 15.9 Å². The molecule has 0 spiro atoms. The molecular formula is C16H14F2N2O5S. The zero-order chi connectivity index (χ0) is 19.3. The number of methoxy groups -OCH3 is 1. The van der Waals surface area contributed by atoms with Gasteiger partial charge < -0.3 is 10.1 Å². The van der Waals surface area contributed by atoms with Crippen molar-refractivity contribution in [2.24, 2.45) is 0 Å². The van der Waals surface area contributed by atoms with Crippen LogP contribution in [-0.4, -0.2) is 33.9 Å².